The zero-order chi connectivity index (χ0) is 9.26. The Bertz CT molecular complexity index is 422. The lowest BCUT2D eigenvalue weighted by molar-refractivity contribution is 0.342. The highest BCUT2D eigenvalue weighted by Crippen LogP contribution is 2.26. The number of nitrogens with two attached hydrogens (primary N) is 1. The van der Waals surface area contributed by atoms with Gasteiger partial charge in [-0.3, -0.25) is 5.10 Å². The molecule has 0 atom stereocenters. The lowest BCUT2D eigenvalue weighted by atomic mass is 10.2. The average Bonchev–Trinajstić information content (AvgIpc) is 2.52. The molecule has 4 nitrogen and oxygen atoms in total. The third-order valence-corrected chi connectivity index (χ3v) is 1.87. The van der Waals surface area contributed by atoms with E-state index in [1.807, 2.05) is 19.1 Å². The van der Waals surface area contributed by atoms with Gasteiger partial charge in [0.1, 0.15) is 5.75 Å². The molecule has 0 amide bonds. The SMILES string of the molecule is CCOc1cc2cn[nH]c2cc1N. The molecular formula is C9H11N3O. The minimum atomic E-state index is 0.619. The molecule has 0 fully saturated rings. The molecule has 0 radical (unpaired) electrons. The van der Waals surface area contributed by atoms with E-state index >= 15 is 0 Å². The summed E-state index contributed by atoms with van der Waals surface area (Å²) < 4.78 is 5.35. The molecule has 13 heavy (non-hydrogen) atoms. The molecule has 1 heterocycles. The van der Waals surface area contributed by atoms with Gasteiger partial charge in [0, 0.05) is 5.39 Å². The summed E-state index contributed by atoms with van der Waals surface area (Å²) in [6, 6.07) is 3.71. The number of fused-ring (bicyclic) bond motifs is 1. The summed E-state index contributed by atoms with van der Waals surface area (Å²) in [6.07, 6.45) is 1.75. The van der Waals surface area contributed by atoms with Crippen molar-refractivity contribution in [2.45, 2.75) is 6.92 Å². The second-order valence-corrected chi connectivity index (χ2v) is 2.78. The minimum absolute atomic E-state index is 0.619. The van der Waals surface area contributed by atoms with Crippen molar-refractivity contribution in [3.05, 3.63) is 18.3 Å². The van der Waals surface area contributed by atoms with Crippen molar-refractivity contribution in [2.24, 2.45) is 0 Å². The van der Waals surface area contributed by atoms with E-state index in [1.54, 1.807) is 6.20 Å². The Labute approximate surface area is 75.7 Å². The first-order valence-corrected chi connectivity index (χ1v) is 4.16. The molecule has 3 N–H and O–H groups in total. The Kier molecular flexibility index (Phi) is 1.81. The summed E-state index contributed by atoms with van der Waals surface area (Å²) in [6.45, 7) is 2.55. The molecule has 0 saturated heterocycles. The van der Waals surface area contributed by atoms with E-state index in [-0.39, 0.29) is 0 Å². The van der Waals surface area contributed by atoms with E-state index in [1.165, 1.54) is 0 Å². The van der Waals surface area contributed by atoms with E-state index in [2.05, 4.69) is 10.2 Å². The first kappa shape index (κ1) is 7.91. The summed E-state index contributed by atoms with van der Waals surface area (Å²) in [5.41, 5.74) is 7.33. The van der Waals surface area contributed by atoms with Gasteiger partial charge in [-0.2, -0.15) is 5.10 Å². The van der Waals surface area contributed by atoms with E-state index in [4.69, 9.17) is 10.5 Å². The standard InChI is InChI=1S/C9H11N3O/c1-2-13-9-3-6-5-11-12-8(6)4-7(9)10/h3-5H,2,10H2,1H3,(H,11,12). The maximum atomic E-state index is 5.76. The number of aromatic nitrogens is 2. The summed E-state index contributed by atoms with van der Waals surface area (Å²) in [5.74, 6) is 0.719. The average molecular weight is 177 g/mol. The number of ether oxygens (including phenoxy) is 1. The van der Waals surface area contributed by atoms with Crippen LogP contribution in [-0.2, 0) is 0 Å². The summed E-state index contributed by atoms with van der Waals surface area (Å²) in [5, 5.41) is 7.76. The van der Waals surface area contributed by atoms with Gasteiger partial charge < -0.3 is 10.5 Å². The number of nitrogens with one attached hydrogen (secondary N) is 1. The summed E-state index contributed by atoms with van der Waals surface area (Å²) in [4.78, 5) is 0. The number of H-pyrrole nitrogens is 1. The molecule has 0 aliphatic carbocycles. The molecule has 0 saturated carbocycles. The van der Waals surface area contributed by atoms with Crippen molar-refractivity contribution < 1.29 is 4.74 Å². The molecule has 1 aromatic carbocycles. The quantitative estimate of drug-likeness (QED) is 0.684. The molecule has 2 aromatic rings. The van der Waals surface area contributed by atoms with E-state index in [9.17, 15) is 0 Å². The van der Waals surface area contributed by atoms with E-state index < -0.39 is 0 Å². The Morgan fingerprint density at radius 1 is 1.54 bits per heavy atom. The van der Waals surface area contributed by atoms with Crippen LogP contribution in [0.15, 0.2) is 18.3 Å². The molecule has 0 aliphatic rings. The van der Waals surface area contributed by atoms with Crippen LogP contribution in [0.1, 0.15) is 6.92 Å². The van der Waals surface area contributed by atoms with Crippen LogP contribution in [0.3, 0.4) is 0 Å². The fraction of sp³-hybridized carbons (Fsp3) is 0.222. The lowest BCUT2D eigenvalue weighted by Gasteiger charge is -2.05. The van der Waals surface area contributed by atoms with Crippen LogP contribution in [0, 0.1) is 0 Å². The highest BCUT2D eigenvalue weighted by molar-refractivity contribution is 5.84. The van der Waals surface area contributed by atoms with Gasteiger partial charge in [0.05, 0.1) is 24.0 Å². The fourth-order valence-electron chi connectivity index (χ4n) is 1.27. The van der Waals surface area contributed by atoms with Crippen LogP contribution in [-0.4, -0.2) is 16.8 Å². The highest BCUT2D eigenvalue weighted by Gasteiger charge is 2.03. The van der Waals surface area contributed by atoms with Crippen LogP contribution in [0.25, 0.3) is 10.9 Å². The zero-order valence-corrected chi connectivity index (χ0v) is 7.37. The maximum absolute atomic E-state index is 5.76. The Morgan fingerprint density at radius 2 is 2.38 bits per heavy atom. The van der Waals surface area contributed by atoms with Crippen LogP contribution >= 0.6 is 0 Å². The number of hydrogen-bond acceptors (Lipinski definition) is 3. The van der Waals surface area contributed by atoms with Crippen molar-refractivity contribution in [3.63, 3.8) is 0 Å². The number of benzene rings is 1. The van der Waals surface area contributed by atoms with Crippen LogP contribution in [0.5, 0.6) is 5.75 Å². The maximum Gasteiger partial charge on any atom is 0.142 e. The Morgan fingerprint density at radius 3 is 3.15 bits per heavy atom. The third-order valence-electron chi connectivity index (χ3n) is 1.87. The van der Waals surface area contributed by atoms with Gasteiger partial charge in [-0.05, 0) is 19.1 Å². The zero-order valence-electron chi connectivity index (χ0n) is 7.37. The summed E-state index contributed by atoms with van der Waals surface area (Å²) in [7, 11) is 0. The van der Waals surface area contributed by atoms with E-state index in [0.717, 1.165) is 16.7 Å². The first-order valence-electron chi connectivity index (χ1n) is 4.16. The molecule has 0 unspecified atom stereocenters. The van der Waals surface area contributed by atoms with Gasteiger partial charge in [-0.25, -0.2) is 0 Å². The number of rotatable bonds is 2. The van der Waals surface area contributed by atoms with Gasteiger partial charge >= 0.3 is 0 Å². The molecular weight excluding hydrogens is 166 g/mol. The normalized spacial score (nSPS) is 10.5. The van der Waals surface area contributed by atoms with Crippen LogP contribution < -0.4 is 10.5 Å². The molecule has 68 valence electrons. The second-order valence-electron chi connectivity index (χ2n) is 2.78. The molecule has 2 rings (SSSR count). The third kappa shape index (κ3) is 1.30. The van der Waals surface area contributed by atoms with E-state index in [0.29, 0.717) is 12.3 Å². The summed E-state index contributed by atoms with van der Waals surface area (Å²) >= 11 is 0. The highest BCUT2D eigenvalue weighted by atomic mass is 16.5. The van der Waals surface area contributed by atoms with Gasteiger partial charge in [0.25, 0.3) is 0 Å². The molecule has 0 aliphatic heterocycles. The minimum Gasteiger partial charge on any atom is -0.492 e. The molecule has 1 aromatic heterocycles. The monoisotopic (exact) mass is 177 g/mol. The van der Waals surface area contributed by atoms with Gasteiger partial charge in [0.2, 0.25) is 0 Å². The fourth-order valence-corrected chi connectivity index (χ4v) is 1.27. The van der Waals surface area contributed by atoms with Crippen molar-refractivity contribution in [1.29, 1.82) is 0 Å². The van der Waals surface area contributed by atoms with Crippen molar-refractivity contribution in [3.8, 4) is 5.75 Å². The lowest BCUT2D eigenvalue weighted by Crippen LogP contribution is -1.96. The Hall–Kier alpha value is -1.71. The van der Waals surface area contributed by atoms with Gasteiger partial charge in [-0.1, -0.05) is 0 Å². The number of hydrogen-bond donors (Lipinski definition) is 2. The van der Waals surface area contributed by atoms with Crippen molar-refractivity contribution in [2.75, 3.05) is 12.3 Å². The molecule has 4 heteroatoms. The second kappa shape index (κ2) is 2.97. The van der Waals surface area contributed by atoms with Crippen molar-refractivity contribution >= 4 is 16.6 Å². The number of aromatic amines is 1. The first-order chi connectivity index (χ1) is 6.31. The smallest absolute Gasteiger partial charge is 0.142 e. The van der Waals surface area contributed by atoms with Crippen LogP contribution in [0.2, 0.25) is 0 Å². The van der Waals surface area contributed by atoms with Crippen LogP contribution in [0.4, 0.5) is 5.69 Å². The molecule has 0 bridgehead atoms. The van der Waals surface area contributed by atoms with Crippen molar-refractivity contribution in [1.82, 2.24) is 10.2 Å². The Balaban J connectivity index is 2.56. The predicted molar refractivity (Wildman–Crippen MR) is 51.7 cm³/mol. The largest absolute Gasteiger partial charge is 0.492 e. The number of anilines is 1. The van der Waals surface area contributed by atoms with Gasteiger partial charge in [-0.15, -0.1) is 0 Å². The molecule has 0 spiro atoms. The number of nitrogens with zero attached hydrogens (tertiary/aromatic N) is 1. The topological polar surface area (TPSA) is 63.9 Å². The number of nitrogen functional groups attached to an aromatic ring is 1. The van der Waals surface area contributed by atoms with Gasteiger partial charge in [0.15, 0.2) is 0 Å². The predicted octanol–water partition coefficient (Wildman–Crippen LogP) is 1.54.